The van der Waals surface area contributed by atoms with Crippen molar-refractivity contribution < 1.29 is 9.53 Å². The van der Waals surface area contributed by atoms with Gasteiger partial charge in [-0.2, -0.15) is 0 Å². The van der Waals surface area contributed by atoms with Crippen LogP contribution in [0.1, 0.15) is 34.6 Å². The van der Waals surface area contributed by atoms with Gasteiger partial charge in [-0.05, 0) is 37.2 Å². The van der Waals surface area contributed by atoms with Crippen LogP contribution in [0.4, 0.5) is 0 Å². The highest BCUT2D eigenvalue weighted by Gasteiger charge is 2.20. The van der Waals surface area contributed by atoms with Crippen LogP contribution in [-0.4, -0.2) is 28.6 Å². The number of ketones is 1. The third kappa shape index (κ3) is 2.60. The number of rotatable bonds is 3. The maximum absolute atomic E-state index is 11.9. The van der Waals surface area contributed by atoms with Crippen molar-refractivity contribution in [2.75, 3.05) is 13.2 Å². The highest BCUT2D eigenvalue weighted by molar-refractivity contribution is 7.08. The number of carbonyl (C=O) groups excluding carboxylic acids is 1. The molecule has 0 N–H and O–H groups in total. The molecule has 0 saturated carbocycles. The lowest BCUT2D eigenvalue weighted by Crippen LogP contribution is -2.18. The van der Waals surface area contributed by atoms with Gasteiger partial charge in [0.25, 0.3) is 0 Å². The molecule has 0 amide bonds. The Morgan fingerprint density at radius 1 is 1.53 bits per heavy atom. The highest BCUT2D eigenvalue weighted by Crippen LogP contribution is 2.22. The molecule has 0 bridgehead atoms. The molecule has 2 rings (SSSR count). The fourth-order valence-electron chi connectivity index (χ4n) is 1.79. The van der Waals surface area contributed by atoms with Crippen LogP contribution in [-0.2, 0) is 4.74 Å². The molecule has 0 spiro atoms. The van der Waals surface area contributed by atoms with Gasteiger partial charge in [0.1, 0.15) is 4.88 Å². The highest BCUT2D eigenvalue weighted by atomic mass is 32.1. The molecular weight excluding hydrogens is 212 g/mol. The molecule has 4 nitrogen and oxygen atoms in total. The summed E-state index contributed by atoms with van der Waals surface area (Å²) < 4.78 is 9.04. The van der Waals surface area contributed by atoms with Crippen molar-refractivity contribution in [3.05, 3.63) is 10.6 Å². The van der Waals surface area contributed by atoms with E-state index >= 15 is 0 Å². The van der Waals surface area contributed by atoms with Gasteiger partial charge in [-0.1, -0.05) is 4.49 Å². The fraction of sp³-hybridized carbons (Fsp3) is 0.700. The number of aryl methyl sites for hydroxylation is 1. The predicted octanol–water partition coefficient (Wildman–Crippen LogP) is 1.85. The summed E-state index contributed by atoms with van der Waals surface area (Å²) in [5.74, 6) is 0.669. The number of nitrogens with zero attached hydrogens (tertiary/aromatic N) is 2. The van der Waals surface area contributed by atoms with Gasteiger partial charge in [-0.15, -0.1) is 5.10 Å². The van der Waals surface area contributed by atoms with Crippen molar-refractivity contribution in [2.24, 2.45) is 5.92 Å². The van der Waals surface area contributed by atoms with Crippen LogP contribution < -0.4 is 0 Å². The average molecular weight is 226 g/mol. The summed E-state index contributed by atoms with van der Waals surface area (Å²) in [7, 11) is 0. The first-order valence-corrected chi connectivity index (χ1v) is 5.94. The van der Waals surface area contributed by atoms with Gasteiger partial charge >= 0.3 is 0 Å². The normalized spacial score (nSPS) is 17.9. The zero-order valence-corrected chi connectivity index (χ0v) is 9.55. The fourth-order valence-corrected chi connectivity index (χ4v) is 2.40. The van der Waals surface area contributed by atoms with Crippen molar-refractivity contribution in [2.45, 2.75) is 26.2 Å². The lowest BCUT2D eigenvalue weighted by Gasteiger charge is -2.20. The van der Waals surface area contributed by atoms with Gasteiger partial charge in [0.2, 0.25) is 0 Å². The minimum Gasteiger partial charge on any atom is -0.381 e. The van der Waals surface area contributed by atoms with E-state index in [1.807, 2.05) is 6.92 Å². The molecule has 0 aliphatic carbocycles. The largest absolute Gasteiger partial charge is 0.381 e. The van der Waals surface area contributed by atoms with E-state index in [4.69, 9.17) is 4.74 Å². The Bertz CT molecular complexity index is 345. The molecule has 0 aromatic carbocycles. The van der Waals surface area contributed by atoms with E-state index in [1.165, 1.54) is 11.5 Å². The van der Waals surface area contributed by atoms with Crippen molar-refractivity contribution in [1.29, 1.82) is 0 Å². The molecule has 1 aliphatic rings. The van der Waals surface area contributed by atoms with Gasteiger partial charge in [-0.25, -0.2) is 0 Å². The summed E-state index contributed by atoms with van der Waals surface area (Å²) in [6, 6.07) is 0. The van der Waals surface area contributed by atoms with E-state index in [0.717, 1.165) is 36.6 Å². The van der Waals surface area contributed by atoms with E-state index in [1.54, 1.807) is 0 Å². The monoisotopic (exact) mass is 226 g/mol. The number of ether oxygens (including phenoxy) is 1. The molecular formula is C10H14N2O2S. The Balaban J connectivity index is 1.94. The summed E-state index contributed by atoms with van der Waals surface area (Å²) in [6.07, 6.45) is 2.61. The Labute approximate surface area is 92.8 Å². The quantitative estimate of drug-likeness (QED) is 0.738. The van der Waals surface area contributed by atoms with Crippen molar-refractivity contribution in [3.8, 4) is 0 Å². The zero-order valence-electron chi connectivity index (χ0n) is 8.73. The summed E-state index contributed by atoms with van der Waals surface area (Å²) in [5.41, 5.74) is 0.761. The summed E-state index contributed by atoms with van der Waals surface area (Å²) in [5, 5.41) is 3.85. The second-order valence-electron chi connectivity index (χ2n) is 3.87. The first-order chi connectivity index (χ1) is 7.27. The molecule has 0 atom stereocenters. The van der Waals surface area contributed by atoms with E-state index in [9.17, 15) is 4.79 Å². The van der Waals surface area contributed by atoms with Gasteiger partial charge in [0.05, 0.1) is 5.69 Å². The SMILES string of the molecule is Cc1nnsc1C(=O)CC1CCOCC1. The molecule has 5 heteroatoms. The van der Waals surface area contributed by atoms with Gasteiger partial charge in [-0.3, -0.25) is 4.79 Å². The Morgan fingerprint density at radius 2 is 2.27 bits per heavy atom. The lowest BCUT2D eigenvalue weighted by molar-refractivity contribution is 0.0602. The molecule has 1 fully saturated rings. The lowest BCUT2D eigenvalue weighted by atomic mass is 9.94. The number of aromatic nitrogens is 2. The molecule has 1 aromatic rings. The second kappa shape index (κ2) is 4.81. The van der Waals surface area contributed by atoms with Crippen LogP contribution in [0.15, 0.2) is 0 Å². The Kier molecular flexibility index (Phi) is 3.43. The van der Waals surface area contributed by atoms with Crippen molar-refractivity contribution in [3.63, 3.8) is 0 Å². The van der Waals surface area contributed by atoms with Crippen LogP contribution in [0.2, 0.25) is 0 Å². The third-order valence-electron chi connectivity index (χ3n) is 2.72. The summed E-state index contributed by atoms with van der Waals surface area (Å²) in [4.78, 5) is 12.6. The van der Waals surface area contributed by atoms with Crippen LogP contribution in [0.25, 0.3) is 0 Å². The van der Waals surface area contributed by atoms with E-state index in [-0.39, 0.29) is 5.78 Å². The van der Waals surface area contributed by atoms with Crippen LogP contribution in [0.5, 0.6) is 0 Å². The Hall–Kier alpha value is -0.810. The number of hydrogen-bond donors (Lipinski definition) is 0. The number of hydrogen-bond acceptors (Lipinski definition) is 5. The number of Topliss-reactive ketones (excluding diaryl/α,β-unsaturated/α-hetero) is 1. The minimum atomic E-state index is 0.189. The molecule has 15 heavy (non-hydrogen) atoms. The van der Waals surface area contributed by atoms with Gasteiger partial charge < -0.3 is 4.74 Å². The molecule has 82 valence electrons. The van der Waals surface area contributed by atoms with Crippen LogP contribution >= 0.6 is 11.5 Å². The van der Waals surface area contributed by atoms with Crippen molar-refractivity contribution >= 4 is 17.3 Å². The maximum Gasteiger partial charge on any atom is 0.176 e. The molecule has 0 unspecified atom stereocenters. The topological polar surface area (TPSA) is 52.1 Å². The standard InChI is InChI=1S/C10H14N2O2S/c1-7-10(15-12-11-7)9(13)6-8-2-4-14-5-3-8/h8H,2-6H2,1H3. The van der Waals surface area contributed by atoms with E-state index < -0.39 is 0 Å². The summed E-state index contributed by atoms with van der Waals surface area (Å²) in [6.45, 7) is 3.41. The third-order valence-corrected chi connectivity index (χ3v) is 3.59. The second-order valence-corrected chi connectivity index (χ2v) is 4.62. The zero-order chi connectivity index (χ0) is 10.7. The summed E-state index contributed by atoms with van der Waals surface area (Å²) >= 11 is 1.20. The first-order valence-electron chi connectivity index (χ1n) is 5.17. The maximum atomic E-state index is 11.9. The molecule has 2 heterocycles. The van der Waals surface area contributed by atoms with Crippen LogP contribution in [0.3, 0.4) is 0 Å². The minimum absolute atomic E-state index is 0.189. The predicted molar refractivity (Wildman–Crippen MR) is 57.1 cm³/mol. The van der Waals surface area contributed by atoms with Crippen LogP contribution in [0, 0.1) is 12.8 Å². The molecule has 1 aliphatic heterocycles. The first kappa shape index (κ1) is 10.7. The number of carbonyl (C=O) groups is 1. The molecule has 0 radical (unpaired) electrons. The van der Waals surface area contributed by atoms with Crippen molar-refractivity contribution in [1.82, 2.24) is 9.59 Å². The average Bonchev–Trinajstić information content (AvgIpc) is 2.66. The molecule has 1 aromatic heterocycles. The van der Waals surface area contributed by atoms with Gasteiger partial charge in [0.15, 0.2) is 5.78 Å². The Morgan fingerprint density at radius 3 is 2.87 bits per heavy atom. The van der Waals surface area contributed by atoms with E-state index in [2.05, 4.69) is 9.59 Å². The van der Waals surface area contributed by atoms with E-state index in [0.29, 0.717) is 12.3 Å². The van der Waals surface area contributed by atoms with Gasteiger partial charge in [0, 0.05) is 19.6 Å². The molecule has 1 saturated heterocycles. The smallest absolute Gasteiger partial charge is 0.176 e.